The molecular weight excluding hydrogens is 323 g/mol. The molecule has 0 atom stereocenters. The summed E-state index contributed by atoms with van der Waals surface area (Å²) in [5.74, 6) is -0.816. The van der Waals surface area contributed by atoms with Gasteiger partial charge in [0.05, 0.1) is 23.9 Å². The molecule has 0 amide bonds. The highest BCUT2D eigenvalue weighted by atomic mass is 35.5. The van der Waals surface area contributed by atoms with E-state index >= 15 is 0 Å². The highest BCUT2D eigenvalue weighted by Gasteiger charge is 2.40. The Morgan fingerprint density at radius 3 is 2.36 bits per heavy atom. The molecule has 22 heavy (non-hydrogen) atoms. The van der Waals surface area contributed by atoms with Gasteiger partial charge in [-0.1, -0.05) is 11.6 Å². The van der Waals surface area contributed by atoms with Crippen LogP contribution in [0.15, 0.2) is 18.2 Å². The molecule has 0 N–H and O–H groups in total. The van der Waals surface area contributed by atoms with Crippen LogP contribution in [0, 0.1) is 0 Å². The molecule has 0 aromatic heterocycles. The molecule has 2 fully saturated rings. The van der Waals surface area contributed by atoms with E-state index in [1.54, 1.807) is 0 Å². The summed E-state index contributed by atoms with van der Waals surface area (Å²) in [6.45, 7) is 2.34. The van der Waals surface area contributed by atoms with Crippen LogP contribution < -0.4 is 9.64 Å². The quantitative estimate of drug-likeness (QED) is 0.825. The third-order valence-electron chi connectivity index (χ3n) is 3.83. The summed E-state index contributed by atoms with van der Waals surface area (Å²) in [7, 11) is 0. The van der Waals surface area contributed by atoms with Crippen LogP contribution in [0.5, 0.6) is 5.75 Å². The van der Waals surface area contributed by atoms with Gasteiger partial charge in [0.25, 0.3) is 0 Å². The van der Waals surface area contributed by atoms with Crippen LogP contribution in [0.25, 0.3) is 0 Å². The fourth-order valence-electron chi connectivity index (χ4n) is 2.81. The van der Waals surface area contributed by atoms with Crippen LogP contribution in [-0.2, 0) is 9.47 Å². The molecule has 1 spiro atoms. The van der Waals surface area contributed by atoms with Crippen LogP contribution in [0.1, 0.15) is 12.8 Å². The van der Waals surface area contributed by atoms with Gasteiger partial charge in [-0.15, -0.1) is 13.2 Å². The molecule has 0 bridgehead atoms. The molecule has 2 aliphatic heterocycles. The Morgan fingerprint density at radius 1 is 1.14 bits per heavy atom. The zero-order chi connectivity index (χ0) is 15.8. The summed E-state index contributed by atoms with van der Waals surface area (Å²) in [6.07, 6.45) is -3.43. The summed E-state index contributed by atoms with van der Waals surface area (Å²) in [5.41, 5.74) is 0.524. The Bertz CT molecular complexity index is 537. The minimum absolute atomic E-state index is 0.277. The first kappa shape index (κ1) is 15.7. The van der Waals surface area contributed by atoms with E-state index in [0.29, 0.717) is 49.9 Å². The Balaban J connectivity index is 1.73. The van der Waals surface area contributed by atoms with Gasteiger partial charge in [0, 0.05) is 32.0 Å². The topological polar surface area (TPSA) is 30.9 Å². The molecule has 122 valence electrons. The number of anilines is 1. The number of hydrogen-bond donors (Lipinski definition) is 0. The second kappa shape index (κ2) is 5.79. The van der Waals surface area contributed by atoms with E-state index in [1.165, 1.54) is 18.2 Å². The van der Waals surface area contributed by atoms with Gasteiger partial charge >= 0.3 is 6.36 Å². The summed E-state index contributed by atoms with van der Waals surface area (Å²) in [5, 5.41) is 0.388. The van der Waals surface area contributed by atoms with Gasteiger partial charge in [-0.05, 0) is 12.1 Å². The second-order valence-corrected chi connectivity index (χ2v) is 5.66. The van der Waals surface area contributed by atoms with Crippen LogP contribution in [0.4, 0.5) is 18.9 Å². The van der Waals surface area contributed by atoms with Gasteiger partial charge in [-0.3, -0.25) is 0 Å². The van der Waals surface area contributed by atoms with Crippen molar-refractivity contribution in [1.29, 1.82) is 0 Å². The highest BCUT2D eigenvalue weighted by molar-refractivity contribution is 6.33. The Kier molecular flexibility index (Phi) is 4.13. The molecule has 2 aliphatic rings. The smallest absolute Gasteiger partial charge is 0.406 e. The summed E-state index contributed by atoms with van der Waals surface area (Å²) in [6, 6.07) is 3.92. The maximum atomic E-state index is 12.3. The number of ether oxygens (including phenoxy) is 3. The fraction of sp³-hybridized carbons (Fsp3) is 0.571. The molecule has 0 unspecified atom stereocenters. The lowest BCUT2D eigenvalue weighted by molar-refractivity contribution is -0.274. The molecule has 0 saturated carbocycles. The van der Waals surface area contributed by atoms with Gasteiger partial charge in [-0.25, -0.2) is 0 Å². The number of halogens is 4. The second-order valence-electron chi connectivity index (χ2n) is 5.26. The number of hydrogen-bond acceptors (Lipinski definition) is 4. The van der Waals surface area contributed by atoms with E-state index in [1.807, 2.05) is 4.90 Å². The van der Waals surface area contributed by atoms with Crippen LogP contribution in [-0.4, -0.2) is 38.5 Å². The fourth-order valence-corrected chi connectivity index (χ4v) is 3.04. The zero-order valence-electron chi connectivity index (χ0n) is 11.7. The van der Waals surface area contributed by atoms with Crippen LogP contribution >= 0.6 is 11.6 Å². The first-order chi connectivity index (χ1) is 10.4. The molecule has 3 rings (SSSR count). The van der Waals surface area contributed by atoms with E-state index in [0.717, 1.165) is 0 Å². The van der Waals surface area contributed by atoms with Crippen molar-refractivity contribution in [1.82, 2.24) is 0 Å². The average Bonchev–Trinajstić information content (AvgIpc) is 2.89. The monoisotopic (exact) mass is 337 g/mol. The van der Waals surface area contributed by atoms with Gasteiger partial charge in [0.15, 0.2) is 5.79 Å². The molecule has 2 saturated heterocycles. The van der Waals surface area contributed by atoms with Crippen molar-refractivity contribution < 1.29 is 27.4 Å². The first-order valence-corrected chi connectivity index (χ1v) is 7.33. The van der Waals surface area contributed by atoms with E-state index in [9.17, 15) is 13.2 Å². The number of piperidine rings is 1. The first-order valence-electron chi connectivity index (χ1n) is 6.95. The summed E-state index contributed by atoms with van der Waals surface area (Å²) >= 11 is 6.11. The minimum Gasteiger partial charge on any atom is -0.406 e. The average molecular weight is 338 g/mol. The molecule has 0 aliphatic carbocycles. The lowest BCUT2D eigenvalue weighted by Crippen LogP contribution is -2.45. The molecule has 4 nitrogen and oxygen atoms in total. The van der Waals surface area contributed by atoms with Crippen molar-refractivity contribution in [3.63, 3.8) is 0 Å². The number of nitrogens with zero attached hydrogens (tertiary/aromatic N) is 1. The van der Waals surface area contributed by atoms with Crippen molar-refractivity contribution in [3.05, 3.63) is 23.2 Å². The SMILES string of the molecule is FC(F)(F)Oc1ccc(Cl)c(N2CCC3(CC2)OCCO3)c1. The van der Waals surface area contributed by atoms with Gasteiger partial charge in [0.1, 0.15) is 5.75 Å². The zero-order valence-corrected chi connectivity index (χ0v) is 12.4. The third kappa shape index (κ3) is 3.42. The summed E-state index contributed by atoms with van der Waals surface area (Å²) in [4.78, 5) is 1.92. The van der Waals surface area contributed by atoms with Crippen LogP contribution in [0.2, 0.25) is 5.02 Å². The van der Waals surface area contributed by atoms with Crippen LogP contribution in [0.3, 0.4) is 0 Å². The van der Waals surface area contributed by atoms with Gasteiger partial charge in [0.2, 0.25) is 0 Å². The molecular formula is C14H15ClF3NO3. The normalized spacial score (nSPS) is 21.4. The largest absolute Gasteiger partial charge is 0.573 e. The maximum absolute atomic E-state index is 12.3. The maximum Gasteiger partial charge on any atom is 0.573 e. The lowest BCUT2D eigenvalue weighted by Gasteiger charge is -2.39. The Labute approximate surface area is 130 Å². The highest BCUT2D eigenvalue weighted by Crippen LogP contribution is 2.37. The van der Waals surface area contributed by atoms with E-state index < -0.39 is 12.1 Å². The van der Waals surface area contributed by atoms with Crippen molar-refractivity contribution in [2.45, 2.75) is 25.0 Å². The predicted molar refractivity (Wildman–Crippen MR) is 74.2 cm³/mol. The molecule has 1 aromatic carbocycles. The molecule has 2 heterocycles. The van der Waals surface area contributed by atoms with E-state index in [-0.39, 0.29) is 5.75 Å². The van der Waals surface area contributed by atoms with E-state index in [2.05, 4.69) is 4.74 Å². The number of benzene rings is 1. The number of alkyl halides is 3. The van der Waals surface area contributed by atoms with Crippen molar-refractivity contribution in [2.75, 3.05) is 31.2 Å². The predicted octanol–water partition coefficient (Wildman–Crippen LogP) is 3.58. The number of rotatable bonds is 2. The summed E-state index contributed by atoms with van der Waals surface area (Å²) < 4.78 is 52.1. The van der Waals surface area contributed by atoms with Gasteiger partial charge in [-0.2, -0.15) is 0 Å². The lowest BCUT2D eigenvalue weighted by atomic mass is 10.0. The van der Waals surface area contributed by atoms with Crippen molar-refractivity contribution in [2.24, 2.45) is 0 Å². The molecule has 1 aromatic rings. The molecule has 0 radical (unpaired) electrons. The van der Waals surface area contributed by atoms with Gasteiger partial charge < -0.3 is 19.1 Å². The minimum atomic E-state index is -4.72. The Hall–Kier alpha value is -1.18. The third-order valence-corrected chi connectivity index (χ3v) is 4.15. The Morgan fingerprint density at radius 2 is 1.77 bits per heavy atom. The van der Waals surface area contributed by atoms with Crippen molar-refractivity contribution >= 4 is 17.3 Å². The molecule has 8 heteroatoms. The van der Waals surface area contributed by atoms with E-state index in [4.69, 9.17) is 21.1 Å². The van der Waals surface area contributed by atoms with Crippen molar-refractivity contribution in [3.8, 4) is 5.75 Å². The standard InChI is InChI=1S/C14H15ClF3NO3/c15-11-2-1-10(22-14(16,17)18)9-12(11)19-5-3-13(4-6-19)20-7-8-21-13/h1-2,9H,3-8H2.